The lowest BCUT2D eigenvalue weighted by molar-refractivity contribution is 0.0937. The maximum atomic E-state index is 12.3. The van der Waals surface area contributed by atoms with Crippen molar-refractivity contribution >= 4 is 29.0 Å². The highest BCUT2D eigenvalue weighted by molar-refractivity contribution is 7.03. The first-order valence-electron chi connectivity index (χ1n) is 6.48. The minimum atomic E-state index is -0.408. The largest absolute Gasteiger partial charge is 0.338 e. The van der Waals surface area contributed by atoms with Gasteiger partial charge in [0.2, 0.25) is 0 Å². The van der Waals surface area contributed by atoms with E-state index in [9.17, 15) is 4.79 Å². The van der Waals surface area contributed by atoms with Crippen molar-refractivity contribution in [1.29, 1.82) is 0 Å². The molecule has 0 fully saturated rings. The number of hydrogen-bond donors (Lipinski definition) is 1. The predicted octanol–water partition coefficient (Wildman–Crippen LogP) is 3.11. The van der Waals surface area contributed by atoms with Gasteiger partial charge in [0.1, 0.15) is 0 Å². The second-order valence-corrected chi connectivity index (χ2v) is 5.55. The molecule has 0 spiro atoms. The summed E-state index contributed by atoms with van der Waals surface area (Å²) in [6, 6.07) is 12.5. The lowest BCUT2D eigenvalue weighted by atomic mass is 10.0. The third-order valence-corrected chi connectivity index (χ3v) is 3.77. The van der Waals surface area contributed by atoms with Crippen molar-refractivity contribution in [1.82, 2.24) is 19.9 Å². The summed E-state index contributed by atoms with van der Waals surface area (Å²) in [6.07, 6.45) is 1.68. The first-order chi connectivity index (χ1) is 10.7. The molecule has 3 rings (SSSR count). The minimum absolute atomic E-state index is 0.285. The molecule has 1 N–H and O–H groups in total. The molecule has 0 unspecified atom stereocenters. The van der Waals surface area contributed by atoms with Crippen molar-refractivity contribution in [2.24, 2.45) is 0 Å². The van der Waals surface area contributed by atoms with E-state index in [-0.39, 0.29) is 11.6 Å². The molecular formula is C15H11ClN4OS. The Morgan fingerprint density at radius 3 is 2.82 bits per heavy atom. The number of carbonyl (C=O) groups is 1. The molecule has 1 amide bonds. The summed E-state index contributed by atoms with van der Waals surface area (Å²) in [5, 5.41) is 8.91. The lowest BCUT2D eigenvalue weighted by Crippen LogP contribution is -2.30. The monoisotopic (exact) mass is 330 g/mol. The molecule has 1 aromatic carbocycles. The highest BCUT2D eigenvalue weighted by Crippen LogP contribution is 2.23. The Balaban J connectivity index is 1.95. The Morgan fingerprint density at radius 1 is 1.23 bits per heavy atom. The number of amides is 1. The molecule has 110 valence electrons. The molecule has 22 heavy (non-hydrogen) atoms. The number of benzene rings is 1. The van der Waals surface area contributed by atoms with Gasteiger partial charge in [-0.1, -0.05) is 34.3 Å². The quantitative estimate of drug-likeness (QED) is 0.798. The molecule has 0 saturated heterocycles. The third kappa shape index (κ3) is 3.29. The van der Waals surface area contributed by atoms with Crippen molar-refractivity contribution in [3.63, 3.8) is 0 Å². The molecule has 5 nitrogen and oxygen atoms in total. The standard InChI is InChI=1S/C15H11ClN4OS/c16-11-5-3-4-10(8-11)14(12-6-1-2-7-17-12)18-15(21)13-9-22-20-19-13/h1-9,14H,(H,18,21)/t14-/m1/s1. The van der Waals surface area contributed by atoms with Gasteiger partial charge >= 0.3 is 0 Å². The van der Waals surface area contributed by atoms with E-state index < -0.39 is 6.04 Å². The van der Waals surface area contributed by atoms with Gasteiger partial charge in [-0.2, -0.15) is 0 Å². The smallest absolute Gasteiger partial charge is 0.273 e. The molecular weight excluding hydrogens is 320 g/mol. The summed E-state index contributed by atoms with van der Waals surface area (Å²) in [6.45, 7) is 0. The number of pyridine rings is 1. The minimum Gasteiger partial charge on any atom is -0.338 e. The van der Waals surface area contributed by atoms with Crippen LogP contribution in [-0.2, 0) is 0 Å². The highest BCUT2D eigenvalue weighted by Gasteiger charge is 2.20. The van der Waals surface area contributed by atoms with Crippen LogP contribution in [0.4, 0.5) is 0 Å². The Kier molecular flexibility index (Phi) is 4.41. The summed E-state index contributed by atoms with van der Waals surface area (Å²) < 4.78 is 3.70. The Bertz CT molecular complexity index is 764. The summed E-state index contributed by atoms with van der Waals surface area (Å²) in [7, 11) is 0. The van der Waals surface area contributed by atoms with Crippen LogP contribution in [0.15, 0.2) is 54.0 Å². The number of rotatable bonds is 4. The van der Waals surface area contributed by atoms with Crippen LogP contribution in [0.2, 0.25) is 5.02 Å². The van der Waals surface area contributed by atoms with E-state index in [2.05, 4.69) is 19.9 Å². The summed E-state index contributed by atoms with van der Waals surface area (Å²) in [5.41, 5.74) is 1.86. The molecule has 0 bridgehead atoms. The van der Waals surface area contributed by atoms with Gasteiger partial charge in [0.15, 0.2) is 5.69 Å². The Labute approximate surface area is 136 Å². The maximum Gasteiger partial charge on any atom is 0.273 e. The molecule has 0 radical (unpaired) electrons. The zero-order chi connectivity index (χ0) is 15.4. The van der Waals surface area contributed by atoms with Crippen molar-refractivity contribution in [3.8, 4) is 0 Å². The zero-order valence-corrected chi connectivity index (χ0v) is 12.9. The fourth-order valence-electron chi connectivity index (χ4n) is 2.03. The van der Waals surface area contributed by atoms with Crippen LogP contribution >= 0.6 is 23.1 Å². The highest BCUT2D eigenvalue weighted by atomic mass is 35.5. The Morgan fingerprint density at radius 2 is 2.14 bits per heavy atom. The van der Waals surface area contributed by atoms with Crippen molar-refractivity contribution in [2.75, 3.05) is 0 Å². The van der Waals surface area contributed by atoms with Crippen LogP contribution in [0, 0.1) is 0 Å². The SMILES string of the molecule is O=C(N[C@H](c1cccc(Cl)c1)c1ccccn1)c1csnn1. The van der Waals surface area contributed by atoms with Crippen LogP contribution < -0.4 is 5.32 Å². The van der Waals surface area contributed by atoms with Crippen LogP contribution in [0.5, 0.6) is 0 Å². The number of nitrogens with one attached hydrogen (secondary N) is 1. The van der Waals surface area contributed by atoms with E-state index in [0.717, 1.165) is 22.8 Å². The van der Waals surface area contributed by atoms with Gasteiger partial charge in [0, 0.05) is 16.6 Å². The number of hydrogen-bond acceptors (Lipinski definition) is 5. The van der Waals surface area contributed by atoms with Gasteiger partial charge in [-0.15, -0.1) is 5.10 Å². The van der Waals surface area contributed by atoms with Crippen LogP contribution in [0.1, 0.15) is 27.8 Å². The van der Waals surface area contributed by atoms with E-state index in [0.29, 0.717) is 5.02 Å². The van der Waals surface area contributed by atoms with Crippen molar-refractivity contribution < 1.29 is 4.79 Å². The van der Waals surface area contributed by atoms with Gasteiger partial charge in [-0.3, -0.25) is 9.78 Å². The van der Waals surface area contributed by atoms with E-state index in [1.165, 1.54) is 0 Å². The maximum absolute atomic E-state index is 12.3. The van der Waals surface area contributed by atoms with E-state index >= 15 is 0 Å². The van der Waals surface area contributed by atoms with Gasteiger partial charge < -0.3 is 5.32 Å². The normalized spacial score (nSPS) is 11.9. The molecule has 0 aliphatic carbocycles. The predicted molar refractivity (Wildman–Crippen MR) is 84.9 cm³/mol. The average Bonchev–Trinajstić information content (AvgIpc) is 3.08. The fourth-order valence-corrected chi connectivity index (χ4v) is 2.66. The van der Waals surface area contributed by atoms with E-state index in [4.69, 9.17) is 11.6 Å². The van der Waals surface area contributed by atoms with Crippen LogP contribution in [0.3, 0.4) is 0 Å². The van der Waals surface area contributed by atoms with Crippen molar-refractivity contribution in [3.05, 3.63) is 76.0 Å². The number of halogens is 1. The van der Waals surface area contributed by atoms with Crippen molar-refractivity contribution in [2.45, 2.75) is 6.04 Å². The second-order valence-electron chi connectivity index (χ2n) is 4.51. The second kappa shape index (κ2) is 6.64. The summed E-state index contributed by atoms with van der Waals surface area (Å²) in [4.78, 5) is 16.6. The topological polar surface area (TPSA) is 67.8 Å². The Hall–Kier alpha value is -2.31. The molecule has 0 saturated carbocycles. The van der Waals surface area contributed by atoms with Crippen LogP contribution in [-0.4, -0.2) is 20.5 Å². The number of carbonyl (C=O) groups excluding carboxylic acids is 1. The molecule has 0 aliphatic heterocycles. The lowest BCUT2D eigenvalue weighted by Gasteiger charge is -2.18. The fraction of sp³-hybridized carbons (Fsp3) is 0.0667. The summed E-state index contributed by atoms with van der Waals surface area (Å²) >= 11 is 7.19. The van der Waals surface area contributed by atoms with Crippen LogP contribution in [0.25, 0.3) is 0 Å². The van der Waals surface area contributed by atoms with Gasteiger partial charge in [-0.05, 0) is 41.4 Å². The molecule has 2 aromatic heterocycles. The first-order valence-corrected chi connectivity index (χ1v) is 7.70. The summed E-state index contributed by atoms with van der Waals surface area (Å²) in [5.74, 6) is -0.302. The molecule has 7 heteroatoms. The van der Waals surface area contributed by atoms with Gasteiger partial charge in [0.05, 0.1) is 11.7 Å². The van der Waals surface area contributed by atoms with E-state index in [1.807, 2.05) is 30.3 Å². The average molecular weight is 331 g/mol. The first kappa shape index (κ1) is 14.6. The molecule has 0 aliphatic rings. The molecule has 3 aromatic rings. The molecule has 1 atom stereocenters. The number of nitrogens with zero attached hydrogens (tertiary/aromatic N) is 3. The van der Waals surface area contributed by atoms with Gasteiger partial charge in [-0.25, -0.2) is 0 Å². The zero-order valence-electron chi connectivity index (χ0n) is 11.3. The molecule has 2 heterocycles. The van der Waals surface area contributed by atoms with E-state index in [1.54, 1.807) is 23.7 Å². The number of aromatic nitrogens is 3. The third-order valence-electron chi connectivity index (χ3n) is 3.03. The van der Waals surface area contributed by atoms with Gasteiger partial charge in [0.25, 0.3) is 5.91 Å².